The average Bonchev–Trinajstić information content (AvgIpc) is 3.08. The molecule has 6 nitrogen and oxygen atoms in total. The number of carbonyl (C=O) groups is 1. The highest BCUT2D eigenvalue weighted by Crippen LogP contribution is 2.28. The molecule has 1 N–H and O–H groups in total. The van der Waals surface area contributed by atoms with E-state index < -0.39 is 10.8 Å². The van der Waals surface area contributed by atoms with Gasteiger partial charge in [0.1, 0.15) is 5.76 Å². The van der Waals surface area contributed by atoms with Crippen LogP contribution in [0, 0.1) is 10.1 Å². The Morgan fingerprint density at radius 3 is 2.64 bits per heavy atom. The minimum absolute atomic E-state index is 0.0394. The van der Waals surface area contributed by atoms with Crippen LogP contribution in [0.5, 0.6) is 0 Å². The summed E-state index contributed by atoms with van der Waals surface area (Å²) in [5.41, 5.74) is 0.784. The van der Waals surface area contributed by atoms with Crippen LogP contribution in [0.25, 0.3) is 11.3 Å². The summed E-state index contributed by atoms with van der Waals surface area (Å²) < 4.78 is 5.50. The molecule has 8 heteroatoms. The van der Waals surface area contributed by atoms with E-state index >= 15 is 0 Å². The number of carbonyl (C=O) groups excluding carboxylic acids is 1. The summed E-state index contributed by atoms with van der Waals surface area (Å²) >= 11 is 11.9. The van der Waals surface area contributed by atoms with Crippen molar-refractivity contribution in [2.24, 2.45) is 0 Å². The van der Waals surface area contributed by atoms with E-state index in [1.165, 1.54) is 24.3 Å². The van der Waals surface area contributed by atoms with E-state index in [9.17, 15) is 14.9 Å². The van der Waals surface area contributed by atoms with Gasteiger partial charge in [0.05, 0.1) is 15.6 Å². The predicted octanol–water partition coefficient (Wildman–Crippen LogP) is 5.41. The van der Waals surface area contributed by atoms with Crippen molar-refractivity contribution in [1.29, 1.82) is 0 Å². The predicted molar refractivity (Wildman–Crippen MR) is 95.2 cm³/mol. The lowest BCUT2D eigenvalue weighted by atomic mass is 10.1. The standard InChI is InChI=1S/C17H10Cl2N2O4/c18-11-4-5-13(19)14(9-11)20-17(22)16-7-6-15(25-16)10-2-1-3-12(8-10)21(23)24/h1-9H,(H,20,22). The Bertz CT molecular complexity index is 969. The number of benzene rings is 2. The van der Waals surface area contributed by atoms with Crippen LogP contribution in [0.1, 0.15) is 10.6 Å². The SMILES string of the molecule is O=C(Nc1cc(Cl)ccc1Cl)c1ccc(-c2cccc([N+](=O)[O-])c2)o1. The molecule has 0 aliphatic rings. The van der Waals surface area contributed by atoms with Crippen molar-refractivity contribution < 1.29 is 14.1 Å². The number of hydrogen-bond donors (Lipinski definition) is 1. The molecule has 1 aromatic heterocycles. The Kier molecular flexibility index (Phi) is 4.74. The number of amides is 1. The Morgan fingerprint density at radius 2 is 1.88 bits per heavy atom. The molecule has 0 atom stereocenters. The lowest BCUT2D eigenvalue weighted by molar-refractivity contribution is -0.384. The van der Waals surface area contributed by atoms with Crippen LogP contribution in [0.3, 0.4) is 0 Å². The molecule has 0 saturated carbocycles. The molecule has 25 heavy (non-hydrogen) atoms. The van der Waals surface area contributed by atoms with E-state index in [0.29, 0.717) is 27.1 Å². The maximum absolute atomic E-state index is 12.3. The van der Waals surface area contributed by atoms with E-state index in [-0.39, 0.29) is 11.4 Å². The van der Waals surface area contributed by atoms with Crippen LogP contribution in [-0.2, 0) is 0 Å². The normalized spacial score (nSPS) is 10.5. The molecule has 1 amide bonds. The monoisotopic (exact) mass is 376 g/mol. The first-order valence-electron chi connectivity index (χ1n) is 7.05. The maximum Gasteiger partial charge on any atom is 0.291 e. The zero-order valence-electron chi connectivity index (χ0n) is 12.5. The molecule has 0 radical (unpaired) electrons. The van der Waals surface area contributed by atoms with Crippen molar-refractivity contribution in [2.75, 3.05) is 5.32 Å². The Morgan fingerprint density at radius 1 is 1.08 bits per heavy atom. The van der Waals surface area contributed by atoms with Crippen molar-refractivity contribution in [1.82, 2.24) is 0 Å². The molecule has 2 aromatic carbocycles. The van der Waals surface area contributed by atoms with Gasteiger partial charge in [0, 0.05) is 22.7 Å². The molecule has 0 bridgehead atoms. The number of nitro benzene ring substituents is 1. The highest BCUT2D eigenvalue weighted by Gasteiger charge is 2.15. The molecule has 0 fully saturated rings. The molecule has 0 unspecified atom stereocenters. The number of non-ortho nitro benzene ring substituents is 1. The second-order valence-corrected chi connectivity index (χ2v) is 5.89. The summed E-state index contributed by atoms with van der Waals surface area (Å²) in [6.45, 7) is 0. The molecule has 0 aliphatic heterocycles. The van der Waals surface area contributed by atoms with Crippen molar-refractivity contribution in [3.8, 4) is 11.3 Å². The van der Waals surface area contributed by atoms with Gasteiger partial charge in [-0.2, -0.15) is 0 Å². The highest BCUT2D eigenvalue weighted by atomic mass is 35.5. The second-order valence-electron chi connectivity index (χ2n) is 5.05. The third-order valence-corrected chi connectivity index (χ3v) is 3.91. The van der Waals surface area contributed by atoms with Gasteiger partial charge in [0.25, 0.3) is 11.6 Å². The van der Waals surface area contributed by atoms with Gasteiger partial charge >= 0.3 is 0 Å². The number of furan rings is 1. The first-order valence-corrected chi connectivity index (χ1v) is 7.81. The molecular weight excluding hydrogens is 367 g/mol. The average molecular weight is 377 g/mol. The summed E-state index contributed by atoms with van der Waals surface area (Å²) in [5.74, 6) is -0.135. The molecular formula is C17H10Cl2N2O4. The van der Waals surface area contributed by atoms with E-state index in [4.69, 9.17) is 27.6 Å². The number of hydrogen-bond acceptors (Lipinski definition) is 4. The van der Waals surface area contributed by atoms with Crippen LogP contribution < -0.4 is 5.32 Å². The number of anilines is 1. The van der Waals surface area contributed by atoms with Gasteiger partial charge in [-0.05, 0) is 30.3 Å². The fraction of sp³-hybridized carbons (Fsp3) is 0. The summed E-state index contributed by atoms with van der Waals surface area (Å²) in [6, 6.07) is 13.7. The van der Waals surface area contributed by atoms with Crippen LogP contribution in [0.2, 0.25) is 10.0 Å². The number of halogens is 2. The van der Waals surface area contributed by atoms with Crippen molar-refractivity contribution in [2.45, 2.75) is 0 Å². The molecule has 3 rings (SSSR count). The summed E-state index contributed by atoms with van der Waals surface area (Å²) in [5, 5.41) is 14.2. The minimum Gasteiger partial charge on any atom is -0.451 e. The van der Waals surface area contributed by atoms with Crippen molar-refractivity contribution >= 4 is 40.5 Å². The lowest BCUT2D eigenvalue weighted by Gasteiger charge is -2.06. The smallest absolute Gasteiger partial charge is 0.291 e. The fourth-order valence-corrected chi connectivity index (χ4v) is 2.50. The van der Waals surface area contributed by atoms with Crippen LogP contribution in [0.15, 0.2) is 59.0 Å². The number of rotatable bonds is 4. The first-order chi connectivity index (χ1) is 11.9. The van der Waals surface area contributed by atoms with Gasteiger partial charge in [0.2, 0.25) is 0 Å². The second kappa shape index (κ2) is 6.96. The van der Waals surface area contributed by atoms with Crippen LogP contribution in [-0.4, -0.2) is 10.8 Å². The molecule has 3 aromatic rings. The largest absolute Gasteiger partial charge is 0.451 e. The van der Waals surface area contributed by atoms with Crippen LogP contribution >= 0.6 is 23.2 Å². The lowest BCUT2D eigenvalue weighted by Crippen LogP contribution is -2.11. The van der Waals surface area contributed by atoms with Gasteiger partial charge in [-0.25, -0.2) is 0 Å². The zero-order valence-corrected chi connectivity index (χ0v) is 14.0. The Labute approximate surface area is 152 Å². The van der Waals surface area contributed by atoms with E-state index in [0.717, 1.165) is 0 Å². The Balaban J connectivity index is 1.83. The maximum atomic E-state index is 12.3. The fourth-order valence-electron chi connectivity index (χ4n) is 2.17. The number of nitrogens with zero attached hydrogens (tertiary/aromatic N) is 1. The number of nitrogens with one attached hydrogen (secondary N) is 1. The van der Waals surface area contributed by atoms with Crippen molar-refractivity contribution in [3.63, 3.8) is 0 Å². The van der Waals surface area contributed by atoms with E-state index in [2.05, 4.69) is 5.32 Å². The van der Waals surface area contributed by atoms with Gasteiger partial charge in [-0.15, -0.1) is 0 Å². The summed E-state index contributed by atoms with van der Waals surface area (Å²) in [6.07, 6.45) is 0. The molecule has 0 spiro atoms. The summed E-state index contributed by atoms with van der Waals surface area (Å²) in [4.78, 5) is 22.6. The first kappa shape index (κ1) is 17.0. The van der Waals surface area contributed by atoms with Gasteiger partial charge < -0.3 is 9.73 Å². The molecule has 126 valence electrons. The third kappa shape index (κ3) is 3.81. The highest BCUT2D eigenvalue weighted by molar-refractivity contribution is 6.35. The third-order valence-electron chi connectivity index (χ3n) is 3.35. The molecule has 0 aliphatic carbocycles. The quantitative estimate of drug-likeness (QED) is 0.486. The zero-order chi connectivity index (χ0) is 18.0. The summed E-state index contributed by atoms with van der Waals surface area (Å²) in [7, 11) is 0. The number of nitro groups is 1. The Hall–Kier alpha value is -2.83. The van der Waals surface area contributed by atoms with Crippen LogP contribution in [0.4, 0.5) is 11.4 Å². The van der Waals surface area contributed by atoms with Gasteiger partial charge in [0.15, 0.2) is 5.76 Å². The van der Waals surface area contributed by atoms with Gasteiger partial charge in [-0.1, -0.05) is 35.3 Å². The van der Waals surface area contributed by atoms with Crippen molar-refractivity contribution in [3.05, 3.63) is 80.5 Å². The van der Waals surface area contributed by atoms with Gasteiger partial charge in [-0.3, -0.25) is 14.9 Å². The molecule has 0 saturated heterocycles. The van der Waals surface area contributed by atoms with E-state index in [1.54, 1.807) is 30.3 Å². The van der Waals surface area contributed by atoms with E-state index in [1.807, 2.05) is 0 Å². The topological polar surface area (TPSA) is 85.4 Å². The minimum atomic E-state index is -0.513. The molecule has 1 heterocycles.